The molecule has 8 heteroatoms. The van der Waals surface area contributed by atoms with E-state index in [0.29, 0.717) is 29.7 Å². The lowest BCUT2D eigenvalue weighted by atomic mass is 10.2. The highest BCUT2D eigenvalue weighted by atomic mass is 35.5. The predicted octanol–water partition coefficient (Wildman–Crippen LogP) is 1.95. The molecule has 0 aromatic heterocycles. The largest absolute Gasteiger partial charge is 0.349 e. The Balaban J connectivity index is 2.13. The van der Waals surface area contributed by atoms with Gasteiger partial charge in [0.15, 0.2) is 5.03 Å². The van der Waals surface area contributed by atoms with Crippen molar-refractivity contribution in [3.8, 4) is 0 Å². The van der Waals surface area contributed by atoms with E-state index < -0.39 is 5.03 Å². The average Bonchev–Trinajstić information content (AvgIpc) is 2.70. The van der Waals surface area contributed by atoms with Crippen molar-refractivity contribution in [2.24, 2.45) is 5.10 Å². The molecule has 1 saturated heterocycles. The molecule has 0 amide bonds. The zero-order valence-electron chi connectivity index (χ0n) is 9.27. The molecule has 1 heterocycles. The third-order valence-corrected chi connectivity index (χ3v) is 3.24. The van der Waals surface area contributed by atoms with Crippen LogP contribution in [-0.4, -0.2) is 29.0 Å². The van der Waals surface area contributed by atoms with Gasteiger partial charge in [0.2, 0.25) is 0 Å². The maximum atomic E-state index is 10.4. The van der Waals surface area contributed by atoms with Gasteiger partial charge in [-0.1, -0.05) is 29.3 Å². The summed E-state index contributed by atoms with van der Waals surface area (Å²) in [6.45, 7) is 1.79. The van der Waals surface area contributed by atoms with Crippen molar-refractivity contribution in [3.63, 3.8) is 0 Å². The molecule has 0 unspecified atom stereocenters. The molecule has 0 saturated carbocycles. The first-order valence-electron chi connectivity index (χ1n) is 5.22. The molecule has 0 atom stereocenters. The van der Waals surface area contributed by atoms with Gasteiger partial charge in [-0.3, -0.25) is 0 Å². The molecule has 0 radical (unpaired) electrons. The smallest absolute Gasteiger partial charge is 0.271 e. The maximum Gasteiger partial charge on any atom is 0.271 e. The summed E-state index contributed by atoms with van der Waals surface area (Å²) in [5, 5.41) is 16.8. The Labute approximate surface area is 113 Å². The average molecular weight is 289 g/mol. The molecule has 0 bridgehead atoms. The van der Waals surface area contributed by atoms with Crippen LogP contribution in [0, 0.1) is 10.1 Å². The number of hydrogen-bond donors (Lipinski definition) is 1. The minimum Gasteiger partial charge on any atom is -0.349 e. The van der Waals surface area contributed by atoms with Gasteiger partial charge in [0.1, 0.15) is 5.10 Å². The second-order valence-electron chi connectivity index (χ2n) is 3.76. The highest BCUT2D eigenvalue weighted by Gasteiger charge is 2.21. The number of rotatable bonds is 3. The number of nitrogens with zero attached hydrogens (tertiary/aromatic N) is 3. The highest BCUT2D eigenvalue weighted by Crippen LogP contribution is 2.23. The summed E-state index contributed by atoms with van der Waals surface area (Å²) < 4.78 is 0. The number of halogens is 2. The fraction of sp³-hybridized carbons (Fsp3) is 0.300. The summed E-state index contributed by atoms with van der Waals surface area (Å²) in [6.07, 6.45) is 0. The monoisotopic (exact) mass is 288 g/mol. The fourth-order valence-corrected chi connectivity index (χ4v) is 2.03. The van der Waals surface area contributed by atoms with E-state index in [9.17, 15) is 10.1 Å². The lowest BCUT2D eigenvalue weighted by Gasteiger charge is -2.15. The van der Waals surface area contributed by atoms with Gasteiger partial charge >= 0.3 is 0 Å². The Bertz CT molecular complexity index is 507. The van der Waals surface area contributed by atoms with Crippen LogP contribution in [0.3, 0.4) is 0 Å². The van der Waals surface area contributed by atoms with Crippen LogP contribution in [-0.2, 0) is 6.54 Å². The molecule has 1 aliphatic heterocycles. The standard InChI is InChI=1S/C10H10Cl2N4O2/c11-8-2-1-7(5-9(8)12)6-15-4-3-13-10(15)14-16(17)18/h1-2,5H,3-4,6H2,(H,13,14). The van der Waals surface area contributed by atoms with Crippen LogP contribution in [0.2, 0.25) is 10.0 Å². The Hall–Kier alpha value is -1.53. The second-order valence-corrected chi connectivity index (χ2v) is 4.57. The molecule has 0 spiro atoms. The van der Waals surface area contributed by atoms with E-state index in [1.54, 1.807) is 17.0 Å². The van der Waals surface area contributed by atoms with Crippen LogP contribution in [0.4, 0.5) is 0 Å². The fourth-order valence-electron chi connectivity index (χ4n) is 1.71. The maximum absolute atomic E-state index is 10.4. The van der Waals surface area contributed by atoms with E-state index in [2.05, 4.69) is 10.4 Å². The second kappa shape index (κ2) is 5.41. The molecule has 0 aliphatic carbocycles. The summed E-state index contributed by atoms with van der Waals surface area (Å²) in [5.41, 5.74) is 0.921. The van der Waals surface area contributed by atoms with Crippen molar-refractivity contribution >= 4 is 29.2 Å². The lowest BCUT2D eigenvalue weighted by Crippen LogP contribution is -2.30. The number of nitrogens with one attached hydrogen (secondary N) is 1. The summed E-state index contributed by atoms with van der Waals surface area (Å²) in [6, 6.07) is 5.27. The topological polar surface area (TPSA) is 70.8 Å². The van der Waals surface area contributed by atoms with E-state index in [0.717, 1.165) is 5.56 Å². The quantitative estimate of drug-likeness (QED) is 0.682. The van der Waals surface area contributed by atoms with Gasteiger partial charge in [0.25, 0.3) is 5.96 Å². The minimum absolute atomic E-state index is 0.270. The summed E-state index contributed by atoms with van der Waals surface area (Å²) in [5.74, 6) is 0.270. The van der Waals surface area contributed by atoms with Crippen LogP contribution in [0.25, 0.3) is 0 Å². The Morgan fingerprint density at radius 2 is 2.22 bits per heavy atom. The first-order chi connectivity index (χ1) is 8.56. The molecular formula is C10H10Cl2N4O2. The molecule has 1 aliphatic rings. The number of hydrogen-bond acceptors (Lipinski definition) is 2. The molecule has 1 aromatic rings. The summed E-state index contributed by atoms with van der Waals surface area (Å²) >= 11 is 11.7. The zero-order chi connectivity index (χ0) is 13.1. The van der Waals surface area contributed by atoms with Crippen LogP contribution >= 0.6 is 23.2 Å². The number of benzene rings is 1. The van der Waals surface area contributed by atoms with E-state index in [1.165, 1.54) is 0 Å². The predicted molar refractivity (Wildman–Crippen MR) is 69.3 cm³/mol. The normalized spacial score (nSPS) is 17.0. The summed E-state index contributed by atoms with van der Waals surface area (Å²) in [7, 11) is 0. The van der Waals surface area contributed by atoms with Crippen molar-refractivity contribution in [1.29, 1.82) is 0 Å². The lowest BCUT2D eigenvalue weighted by molar-refractivity contribution is -0.485. The van der Waals surface area contributed by atoms with Gasteiger partial charge < -0.3 is 10.2 Å². The van der Waals surface area contributed by atoms with Gasteiger partial charge in [-0.15, -0.1) is 0 Å². The summed E-state index contributed by atoms with van der Waals surface area (Å²) in [4.78, 5) is 12.1. The van der Waals surface area contributed by atoms with Gasteiger partial charge in [-0.25, -0.2) is 10.1 Å². The SMILES string of the molecule is O=[N+]([O-])/N=C1\NCCN1Cc1ccc(Cl)c(Cl)c1. The van der Waals surface area contributed by atoms with Gasteiger partial charge in [0.05, 0.1) is 10.0 Å². The third kappa shape index (κ3) is 3.02. The molecule has 6 nitrogen and oxygen atoms in total. The Morgan fingerprint density at radius 3 is 2.89 bits per heavy atom. The van der Waals surface area contributed by atoms with Crippen molar-refractivity contribution in [2.45, 2.75) is 6.54 Å². The van der Waals surface area contributed by atoms with Crippen LogP contribution in [0.5, 0.6) is 0 Å². The number of nitro groups is 1. The van der Waals surface area contributed by atoms with Crippen molar-refractivity contribution < 1.29 is 5.03 Å². The molecule has 1 aromatic carbocycles. The van der Waals surface area contributed by atoms with Gasteiger partial charge in [-0.2, -0.15) is 0 Å². The Kier molecular flexibility index (Phi) is 3.88. The van der Waals surface area contributed by atoms with E-state index in [4.69, 9.17) is 23.2 Å². The molecule has 1 N–H and O–H groups in total. The van der Waals surface area contributed by atoms with Gasteiger partial charge in [-0.05, 0) is 17.7 Å². The van der Waals surface area contributed by atoms with E-state index in [-0.39, 0.29) is 5.96 Å². The van der Waals surface area contributed by atoms with Crippen molar-refractivity contribution in [2.75, 3.05) is 13.1 Å². The van der Waals surface area contributed by atoms with E-state index >= 15 is 0 Å². The third-order valence-electron chi connectivity index (χ3n) is 2.50. The number of hydrazone groups is 1. The molecule has 1 fully saturated rings. The first-order valence-corrected chi connectivity index (χ1v) is 5.97. The molecule has 2 rings (SSSR count). The molecule has 96 valence electrons. The van der Waals surface area contributed by atoms with Crippen LogP contribution in [0.15, 0.2) is 23.3 Å². The Morgan fingerprint density at radius 1 is 1.44 bits per heavy atom. The number of guanidine groups is 1. The zero-order valence-corrected chi connectivity index (χ0v) is 10.8. The minimum atomic E-state index is -0.713. The first kappa shape index (κ1) is 12.9. The van der Waals surface area contributed by atoms with Crippen LogP contribution in [0.1, 0.15) is 5.56 Å². The highest BCUT2D eigenvalue weighted by molar-refractivity contribution is 6.42. The van der Waals surface area contributed by atoms with Crippen molar-refractivity contribution in [1.82, 2.24) is 10.2 Å². The van der Waals surface area contributed by atoms with Gasteiger partial charge in [0, 0.05) is 19.6 Å². The van der Waals surface area contributed by atoms with Crippen LogP contribution < -0.4 is 5.32 Å². The molecule has 18 heavy (non-hydrogen) atoms. The van der Waals surface area contributed by atoms with Crippen molar-refractivity contribution in [3.05, 3.63) is 43.9 Å². The van der Waals surface area contributed by atoms with E-state index in [1.807, 2.05) is 6.07 Å². The molecular weight excluding hydrogens is 279 g/mol.